The van der Waals surface area contributed by atoms with Gasteiger partial charge in [-0.2, -0.15) is 0 Å². The molecule has 3 rings (SSSR count). The highest BCUT2D eigenvalue weighted by Crippen LogP contribution is 2.24. The van der Waals surface area contributed by atoms with E-state index in [-0.39, 0.29) is 5.91 Å². The van der Waals surface area contributed by atoms with Crippen molar-refractivity contribution in [3.8, 4) is 5.75 Å². The van der Waals surface area contributed by atoms with Gasteiger partial charge in [-0.3, -0.25) is 4.79 Å². The molecule has 1 N–H and O–H groups in total. The van der Waals surface area contributed by atoms with Crippen LogP contribution < -0.4 is 15.7 Å². The molecule has 1 atom stereocenters. The van der Waals surface area contributed by atoms with E-state index in [2.05, 4.69) is 5.32 Å². The highest BCUT2D eigenvalue weighted by atomic mass is 35.5. The van der Waals surface area contributed by atoms with E-state index in [1.165, 1.54) is 6.07 Å². The number of anilines is 1. The minimum atomic E-state index is -0.746. The van der Waals surface area contributed by atoms with Gasteiger partial charge < -0.3 is 14.5 Å². The first kappa shape index (κ1) is 18.0. The monoisotopic (exact) mass is 371 g/mol. The van der Waals surface area contributed by atoms with Gasteiger partial charge in [-0.15, -0.1) is 0 Å². The number of hydrogen-bond donors (Lipinski definition) is 1. The molecule has 0 saturated heterocycles. The molecule has 26 heavy (non-hydrogen) atoms. The number of nitrogens with one attached hydrogen (secondary N) is 1. The molecule has 0 spiro atoms. The zero-order valence-electron chi connectivity index (χ0n) is 14.6. The average molecular weight is 372 g/mol. The van der Waals surface area contributed by atoms with Gasteiger partial charge in [0.25, 0.3) is 5.91 Å². The Balaban J connectivity index is 1.75. The molecule has 0 aliphatic rings. The molecule has 1 amide bonds. The number of hydrogen-bond acceptors (Lipinski definition) is 4. The third-order valence-electron chi connectivity index (χ3n) is 4.04. The maximum absolute atomic E-state index is 12.3. The van der Waals surface area contributed by atoms with E-state index in [1.54, 1.807) is 37.3 Å². The minimum absolute atomic E-state index is 0.310. The van der Waals surface area contributed by atoms with Crippen molar-refractivity contribution >= 4 is 34.2 Å². The van der Waals surface area contributed by atoms with Gasteiger partial charge in [0, 0.05) is 28.2 Å². The fourth-order valence-electron chi connectivity index (χ4n) is 2.55. The SMILES string of the molecule is Cc1ccc(NC(=O)C(C)Oc2ccc3c(C)cc(=O)oc3c2)cc1Cl. The number of carbonyl (C=O) groups excluding carboxylic acids is 1. The van der Waals surface area contributed by atoms with E-state index in [0.29, 0.717) is 22.0 Å². The molecular formula is C20H18ClNO4. The van der Waals surface area contributed by atoms with Gasteiger partial charge >= 0.3 is 5.63 Å². The van der Waals surface area contributed by atoms with Crippen LogP contribution in [0, 0.1) is 13.8 Å². The van der Waals surface area contributed by atoms with Crippen molar-refractivity contribution in [2.45, 2.75) is 26.9 Å². The van der Waals surface area contributed by atoms with E-state index in [4.69, 9.17) is 20.8 Å². The lowest BCUT2D eigenvalue weighted by atomic mass is 10.1. The van der Waals surface area contributed by atoms with E-state index in [9.17, 15) is 9.59 Å². The van der Waals surface area contributed by atoms with Crippen molar-refractivity contribution < 1.29 is 13.9 Å². The number of aryl methyl sites for hydroxylation is 2. The highest BCUT2D eigenvalue weighted by Gasteiger charge is 2.16. The molecule has 0 radical (unpaired) electrons. The number of carbonyl (C=O) groups is 1. The second kappa shape index (κ2) is 7.22. The Bertz CT molecular complexity index is 1040. The van der Waals surface area contributed by atoms with Gasteiger partial charge in [0.05, 0.1) is 0 Å². The molecule has 1 unspecified atom stereocenters. The summed E-state index contributed by atoms with van der Waals surface area (Å²) in [5.41, 5.74) is 2.35. The number of amides is 1. The van der Waals surface area contributed by atoms with E-state index >= 15 is 0 Å². The molecule has 6 heteroatoms. The molecule has 0 saturated carbocycles. The maximum atomic E-state index is 12.3. The smallest absolute Gasteiger partial charge is 0.336 e. The molecule has 134 valence electrons. The fourth-order valence-corrected chi connectivity index (χ4v) is 2.73. The molecule has 2 aromatic carbocycles. The van der Waals surface area contributed by atoms with Gasteiger partial charge in [-0.05, 0) is 56.2 Å². The number of benzene rings is 2. The number of fused-ring (bicyclic) bond motifs is 1. The topological polar surface area (TPSA) is 68.5 Å². The quantitative estimate of drug-likeness (QED) is 0.687. The summed E-state index contributed by atoms with van der Waals surface area (Å²) in [7, 11) is 0. The van der Waals surface area contributed by atoms with E-state index < -0.39 is 11.7 Å². The zero-order chi connectivity index (χ0) is 18.8. The van der Waals surface area contributed by atoms with Crippen LogP contribution in [0.4, 0.5) is 5.69 Å². The second-order valence-electron chi connectivity index (χ2n) is 6.12. The molecule has 0 bridgehead atoms. The first-order valence-electron chi connectivity index (χ1n) is 8.11. The van der Waals surface area contributed by atoms with Crippen LogP contribution in [0.5, 0.6) is 5.75 Å². The molecule has 1 aromatic heterocycles. The van der Waals surface area contributed by atoms with Crippen molar-refractivity contribution in [2.24, 2.45) is 0 Å². The van der Waals surface area contributed by atoms with Crippen molar-refractivity contribution in [3.05, 3.63) is 69.0 Å². The summed E-state index contributed by atoms with van der Waals surface area (Å²) in [6.45, 7) is 5.36. The summed E-state index contributed by atoms with van der Waals surface area (Å²) >= 11 is 6.07. The van der Waals surface area contributed by atoms with Crippen LogP contribution in [-0.2, 0) is 4.79 Å². The van der Waals surface area contributed by atoms with Gasteiger partial charge in [0.2, 0.25) is 0 Å². The largest absolute Gasteiger partial charge is 0.481 e. The van der Waals surface area contributed by atoms with Crippen LogP contribution in [-0.4, -0.2) is 12.0 Å². The van der Waals surface area contributed by atoms with Crippen LogP contribution in [0.3, 0.4) is 0 Å². The lowest BCUT2D eigenvalue weighted by Gasteiger charge is -2.15. The molecule has 0 fully saturated rings. The predicted molar refractivity (Wildman–Crippen MR) is 102 cm³/mol. The van der Waals surface area contributed by atoms with Gasteiger partial charge in [0.15, 0.2) is 6.10 Å². The molecule has 0 aliphatic carbocycles. The van der Waals surface area contributed by atoms with Crippen molar-refractivity contribution in [1.82, 2.24) is 0 Å². The summed E-state index contributed by atoms with van der Waals surface area (Å²) < 4.78 is 10.9. The fraction of sp³-hybridized carbons (Fsp3) is 0.200. The average Bonchev–Trinajstić information content (AvgIpc) is 2.57. The van der Waals surface area contributed by atoms with Crippen LogP contribution in [0.15, 0.2) is 51.7 Å². The Morgan fingerprint density at radius 2 is 1.88 bits per heavy atom. The summed E-state index contributed by atoms with van der Waals surface area (Å²) in [5, 5.41) is 4.17. The Kier molecular flexibility index (Phi) is 5.00. The Morgan fingerprint density at radius 3 is 2.62 bits per heavy atom. The third-order valence-corrected chi connectivity index (χ3v) is 4.45. The summed E-state index contributed by atoms with van der Waals surface area (Å²) in [4.78, 5) is 23.9. The Labute approximate surface area is 155 Å². The summed E-state index contributed by atoms with van der Waals surface area (Å²) in [6, 6.07) is 11.9. The van der Waals surface area contributed by atoms with Crippen molar-refractivity contribution in [1.29, 1.82) is 0 Å². The van der Waals surface area contributed by atoms with Crippen LogP contribution >= 0.6 is 11.6 Å². The lowest BCUT2D eigenvalue weighted by molar-refractivity contribution is -0.122. The lowest BCUT2D eigenvalue weighted by Crippen LogP contribution is -2.30. The van der Waals surface area contributed by atoms with E-state index in [0.717, 1.165) is 16.5 Å². The number of rotatable bonds is 4. The standard InChI is InChI=1S/C20H18ClNO4/c1-11-4-5-14(9-17(11)21)22-20(24)13(3)25-15-6-7-16-12(2)8-19(23)26-18(16)10-15/h4-10,13H,1-3H3,(H,22,24). The molecular weight excluding hydrogens is 354 g/mol. The van der Waals surface area contributed by atoms with Gasteiger partial charge in [-0.25, -0.2) is 4.79 Å². The van der Waals surface area contributed by atoms with Crippen molar-refractivity contribution in [2.75, 3.05) is 5.32 Å². The Hall–Kier alpha value is -2.79. The van der Waals surface area contributed by atoms with Crippen molar-refractivity contribution in [3.63, 3.8) is 0 Å². The third kappa shape index (κ3) is 3.89. The normalized spacial score (nSPS) is 12.0. The summed E-state index contributed by atoms with van der Waals surface area (Å²) in [5.74, 6) is 0.131. The predicted octanol–water partition coefficient (Wildman–Crippen LogP) is 4.47. The molecule has 1 heterocycles. The molecule has 5 nitrogen and oxygen atoms in total. The summed E-state index contributed by atoms with van der Waals surface area (Å²) in [6.07, 6.45) is -0.746. The number of halogens is 1. The Morgan fingerprint density at radius 1 is 1.12 bits per heavy atom. The van der Waals surface area contributed by atoms with Gasteiger partial charge in [0.1, 0.15) is 11.3 Å². The van der Waals surface area contributed by atoms with Gasteiger partial charge in [-0.1, -0.05) is 17.7 Å². The first-order chi connectivity index (χ1) is 12.3. The zero-order valence-corrected chi connectivity index (χ0v) is 15.4. The first-order valence-corrected chi connectivity index (χ1v) is 8.49. The number of ether oxygens (including phenoxy) is 1. The molecule has 0 aliphatic heterocycles. The maximum Gasteiger partial charge on any atom is 0.336 e. The van der Waals surface area contributed by atoms with Crippen LogP contribution in [0.2, 0.25) is 5.02 Å². The highest BCUT2D eigenvalue weighted by molar-refractivity contribution is 6.31. The second-order valence-corrected chi connectivity index (χ2v) is 6.53. The van der Waals surface area contributed by atoms with E-state index in [1.807, 2.05) is 19.9 Å². The molecule has 3 aromatic rings. The van der Waals surface area contributed by atoms with Crippen LogP contribution in [0.1, 0.15) is 18.1 Å². The van der Waals surface area contributed by atoms with Crippen LogP contribution in [0.25, 0.3) is 11.0 Å². The minimum Gasteiger partial charge on any atom is -0.481 e.